The number of benzene rings is 1. The maximum Gasteiger partial charge on any atom is 0.126 e. The summed E-state index contributed by atoms with van der Waals surface area (Å²) in [4.78, 5) is 4.57. The Morgan fingerprint density at radius 1 is 1.27 bits per heavy atom. The van der Waals surface area contributed by atoms with Crippen molar-refractivity contribution >= 4 is 32.7 Å². The van der Waals surface area contributed by atoms with E-state index in [4.69, 9.17) is 0 Å². The molecule has 0 radical (unpaired) electrons. The lowest BCUT2D eigenvalue weighted by atomic mass is 10.1. The standard InChI is InChI=1S/C12H13BrN2/c1-3-14-10-7-6-9-5-4-8(2)11(13)12(9)15-10/h4-7H,3H2,1-2H3,(H,14,15). The summed E-state index contributed by atoms with van der Waals surface area (Å²) in [7, 11) is 0. The molecule has 0 saturated heterocycles. The monoisotopic (exact) mass is 264 g/mol. The zero-order valence-corrected chi connectivity index (χ0v) is 10.4. The van der Waals surface area contributed by atoms with Crippen LogP contribution in [0.3, 0.4) is 0 Å². The van der Waals surface area contributed by atoms with Gasteiger partial charge in [-0.2, -0.15) is 0 Å². The third kappa shape index (κ3) is 1.97. The first-order valence-electron chi connectivity index (χ1n) is 5.02. The number of pyridine rings is 1. The minimum Gasteiger partial charge on any atom is -0.370 e. The molecule has 0 spiro atoms. The van der Waals surface area contributed by atoms with Crippen LogP contribution in [0.4, 0.5) is 5.82 Å². The number of rotatable bonds is 2. The first kappa shape index (κ1) is 10.4. The molecule has 0 aliphatic carbocycles. The van der Waals surface area contributed by atoms with Gasteiger partial charge in [0.25, 0.3) is 0 Å². The number of fused-ring (bicyclic) bond motifs is 1. The van der Waals surface area contributed by atoms with E-state index >= 15 is 0 Å². The lowest BCUT2D eigenvalue weighted by Gasteiger charge is -2.06. The topological polar surface area (TPSA) is 24.9 Å². The van der Waals surface area contributed by atoms with Gasteiger partial charge < -0.3 is 5.32 Å². The number of hydrogen-bond acceptors (Lipinski definition) is 2. The van der Waals surface area contributed by atoms with Gasteiger partial charge in [-0.3, -0.25) is 0 Å². The summed E-state index contributed by atoms with van der Waals surface area (Å²) in [5, 5.41) is 4.38. The quantitative estimate of drug-likeness (QED) is 0.894. The fourth-order valence-electron chi connectivity index (χ4n) is 1.53. The highest BCUT2D eigenvalue weighted by Gasteiger charge is 2.03. The molecular weight excluding hydrogens is 252 g/mol. The van der Waals surface area contributed by atoms with Gasteiger partial charge in [0.05, 0.1) is 5.52 Å². The van der Waals surface area contributed by atoms with Gasteiger partial charge in [-0.1, -0.05) is 12.1 Å². The Hall–Kier alpha value is -1.09. The molecule has 3 heteroatoms. The van der Waals surface area contributed by atoms with Crippen LogP contribution in [-0.2, 0) is 0 Å². The van der Waals surface area contributed by atoms with Crippen molar-refractivity contribution in [3.8, 4) is 0 Å². The maximum absolute atomic E-state index is 4.57. The molecule has 1 N–H and O–H groups in total. The lowest BCUT2D eigenvalue weighted by molar-refractivity contribution is 1.17. The zero-order valence-electron chi connectivity index (χ0n) is 8.84. The van der Waals surface area contributed by atoms with Crippen molar-refractivity contribution in [3.63, 3.8) is 0 Å². The molecule has 2 nitrogen and oxygen atoms in total. The van der Waals surface area contributed by atoms with Gasteiger partial charge in [0, 0.05) is 16.4 Å². The molecule has 2 rings (SSSR count). The number of nitrogens with one attached hydrogen (secondary N) is 1. The number of anilines is 1. The molecule has 78 valence electrons. The Morgan fingerprint density at radius 2 is 2.00 bits per heavy atom. The third-order valence-corrected chi connectivity index (χ3v) is 3.35. The molecule has 0 aliphatic rings. The minimum absolute atomic E-state index is 0.891. The maximum atomic E-state index is 4.57. The second-order valence-electron chi connectivity index (χ2n) is 3.49. The number of hydrogen-bond donors (Lipinski definition) is 1. The van der Waals surface area contributed by atoms with Crippen LogP contribution in [0.25, 0.3) is 10.9 Å². The van der Waals surface area contributed by atoms with Crippen LogP contribution >= 0.6 is 15.9 Å². The predicted molar refractivity (Wildman–Crippen MR) is 68.3 cm³/mol. The van der Waals surface area contributed by atoms with Gasteiger partial charge in [0.2, 0.25) is 0 Å². The van der Waals surface area contributed by atoms with E-state index in [1.54, 1.807) is 0 Å². The molecule has 0 fully saturated rings. The normalized spacial score (nSPS) is 10.6. The number of nitrogens with zero attached hydrogens (tertiary/aromatic N) is 1. The third-order valence-electron chi connectivity index (χ3n) is 2.35. The average Bonchev–Trinajstić information content (AvgIpc) is 2.25. The zero-order chi connectivity index (χ0) is 10.8. The van der Waals surface area contributed by atoms with Crippen molar-refractivity contribution < 1.29 is 0 Å². The second kappa shape index (κ2) is 4.19. The summed E-state index contributed by atoms with van der Waals surface area (Å²) in [6, 6.07) is 8.29. The smallest absolute Gasteiger partial charge is 0.126 e. The van der Waals surface area contributed by atoms with E-state index in [0.29, 0.717) is 0 Å². The van der Waals surface area contributed by atoms with E-state index in [2.05, 4.69) is 58.3 Å². The van der Waals surface area contributed by atoms with Gasteiger partial charge in [-0.05, 0) is 47.5 Å². The largest absolute Gasteiger partial charge is 0.370 e. The van der Waals surface area contributed by atoms with Gasteiger partial charge in [-0.15, -0.1) is 0 Å². The molecule has 1 aromatic heterocycles. The number of halogens is 1. The molecule has 15 heavy (non-hydrogen) atoms. The van der Waals surface area contributed by atoms with Gasteiger partial charge in [-0.25, -0.2) is 4.98 Å². The Labute approximate surface area is 97.8 Å². The average molecular weight is 265 g/mol. The van der Waals surface area contributed by atoms with Crippen molar-refractivity contribution in [2.45, 2.75) is 13.8 Å². The van der Waals surface area contributed by atoms with E-state index in [0.717, 1.165) is 27.7 Å². The summed E-state index contributed by atoms with van der Waals surface area (Å²) in [6.07, 6.45) is 0. The summed E-state index contributed by atoms with van der Waals surface area (Å²) < 4.78 is 1.08. The first-order chi connectivity index (χ1) is 7.22. The van der Waals surface area contributed by atoms with E-state index < -0.39 is 0 Å². The van der Waals surface area contributed by atoms with Crippen LogP contribution in [0, 0.1) is 6.92 Å². The molecule has 0 bridgehead atoms. The highest BCUT2D eigenvalue weighted by molar-refractivity contribution is 9.10. The molecule has 0 saturated carbocycles. The van der Waals surface area contributed by atoms with Crippen LogP contribution in [0.5, 0.6) is 0 Å². The van der Waals surface area contributed by atoms with Crippen LogP contribution in [0.2, 0.25) is 0 Å². The second-order valence-corrected chi connectivity index (χ2v) is 4.29. The Bertz CT molecular complexity index is 494. The van der Waals surface area contributed by atoms with E-state index in [-0.39, 0.29) is 0 Å². The van der Waals surface area contributed by atoms with Crippen molar-refractivity contribution in [2.75, 3.05) is 11.9 Å². The van der Waals surface area contributed by atoms with Crippen LogP contribution < -0.4 is 5.32 Å². The van der Waals surface area contributed by atoms with E-state index in [9.17, 15) is 0 Å². The van der Waals surface area contributed by atoms with Gasteiger partial charge in [0.15, 0.2) is 0 Å². The summed E-state index contributed by atoms with van der Waals surface area (Å²) in [6.45, 7) is 5.03. The summed E-state index contributed by atoms with van der Waals surface area (Å²) in [5.41, 5.74) is 2.23. The molecular formula is C12H13BrN2. The number of aryl methyl sites for hydroxylation is 1. The lowest BCUT2D eigenvalue weighted by Crippen LogP contribution is -1.99. The Kier molecular flexibility index (Phi) is 2.91. The highest BCUT2D eigenvalue weighted by atomic mass is 79.9. The van der Waals surface area contributed by atoms with E-state index in [1.165, 1.54) is 5.56 Å². The SMILES string of the molecule is CCNc1ccc2ccc(C)c(Br)c2n1. The van der Waals surface area contributed by atoms with Crippen molar-refractivity contribution in [3.05, 3.63) is 34.3 Å². The van der Waals surface area contributed by atoms with Crippen molar-refractivity contribution in [2.24, 2.45) is 0 Å². The van der Waals surface area contributed by atoms with Gasteiger partial charge in [0.1, 0.15) is 5.82 Å². The van der Waals surface area contributed by atoms with Crippen molar-refractivity contribution in [1.82, 2.24) is 4.98 Å². The predicted octanol–water partition coefficient (Wildman–Crippen LogP) is 3.74. The molecule has 2 aromatic rings. The number of aromatic nitrogens is 1. The summed E-state index contributed by atoms with van der Waals surface area (Å²) >= 11 is 3.58. The fraction of sp³-hybridized carbons (Fsp3) is 0.250. The highest BCUT2D eigenvalue weighted by Crippen LogP contribution is 2.26. The van der Waals surface area contributed by atoms with Crippen LogP contribution in [-0.4, -0.2) is 11.5 Å². The first-order valence-corrected chi connectivity index (χ1v) is 5.81. The van der Waals surface area contributed by atoms with Crippen LogP contribution in [0.1, 0.15) is 12.5 Å². The molecule has 1 heterocycles. The van der Waals surface area contributed by atoms with E-state index in [1.807, 2.05) is 6.07 Å². The molecule has 0 atom stereocenters. The Morgan fingerprint density at radius 3 is 2.73 bits per heavy atom. The van der Waals surface area contributed by atoms with Gasteiger partial charge >= 0.3 is 0 Å². The molecule has 1 aromatic carbocycles. The molecule has 0 amide bonds. The summed E-state index contributed by atoms with van der Waals surface area (Å²) in [5.74, 6) is 0.927. The van der Waals surface area contributed by atoms with Crippen molar-refractivity contribution in [1.29, 1.82) is 0 Å². The fourth-order valence-corrected chi connectivity index (χ4v) is 1.98. The Balaban J connectivity index is 2.63. The molecule has 0 aliphatic heterocycles. The van der Waals surface area contributed by atoms with Crippen LogP contribution in [0.15, 0.2) is 28.7 Å². The minimum atomic E-state index is 0.891. The molecule has 0 unspecified atom stereocenters.